The molecule has 2 aromatic rings. The highest BCUT2D eigenvalue weighted by molar-refractivity contribution is 8.36. The number of fused-ring (bicyclic) bond motifs is 1. The molecule has 1 aromatic heterocycles. The van der Waals surface area contributed by atoms with Gasteiger partial charge < -0.3 is 9.84 Å². The molecular weight excluding hydrogens is 312 g/mol. The van der Waals surface area contributed by atoms with Crippen LogP contribution in [-0.4, -0.2) is 35.2 Å². The fourth-order valence-corrected chi connectivity index (χ4v) is 3.89. The van der Waals surface area contributed by atoms with Crippen molar-refractivity contribution in [3.63, 3.8) is 0 Å². The van der Waals surface area contributed by atoms with Gasteiger partial charge in [-0.3, -0.25) is 4.98 Å². The lowest BCUT2D eigenvalue weighted by Crippen LogP contribution is -2.11. The third-order valence-electron chi connectivity index (χ3n) is 3.56. The number of pyridine rings is 1. The molecule has 0 radical (unpaired) electrons. The normalized spacial score (nSPS) is 13.4. The maximum Gasteiger partial charge on any atom is 0.340 e. The molecule has 1 atom stereocenters. The predicted octanol–water partition coefficient (Wildman–Crippen LogP) is 3.37. The largest absolute Gasteiger partial charge is 0.462 e. The molecule has 0 saturated carbocycles. The first-order valence-corrected chi connectivity index (χ1v) is 9.68. The minimum Gasteiger partial charge on any atom is -0.462 e. The standard InChI is InChI=1S/C17H20N2O3S/c1-5-22-17(21)14-9-19-15-7-6-12(11(2)20)8-13(15)16(14)23(3,4)10-18/h6-9,11,20H,5H2,1-4H3. The van der Waals surface area contributed by atoms with E-state index in [0.717, 1.165) is 10.9 Å². The van der Waals surface area contributed by atoms with E-state index < -0.39 is 22.1 Å². The van der Waals surface area contributed by atoms with Gasteiger partial charge in [0, 0.05) is 16.5 Å². The molecule has 1 aromatic carbocycles. The van der Waals surface area contributed by atoms with Crippen molar-refractivity contribution in [3.8, 4) is 5.40 Å². The molecule has 0 spiro atoms. The molecule has 122 valence electrons. The van der Waals surface area contributed by atoms with Gasteiger partial charge >= 0.3 is 5.97 Å². The highest BCUT2D eigenvalue weighted by Gasteiger charge is 2.26. The van der Waals surface area contributed by atoms with Gasteiger partial charge in [0.25, 0.3) is 0 Å². The number of esters is 1. The van der Waals surface area contributed by atoms with Gasteiger partial charge in [0.05, 0.1) is 23.8 Å². The Hall–Kier alpha value is -2.10. The van der Waals surface area contributed by atoms with Crippen molar-refractivity contribution < 1.29 is 14.6 Å². The van der Waals surface area contributed by atoms with Crippen molar-refractivity contribution in [2.24, 2.45) is 0 Å². The molecule has 6 heteroatoms. The summed E-state index contributed by atoms with van der Waals surface area (Å²) in [6.07, 6.45) is 4.50. The molecule has 0 aliphatic rings. The number of carbonyl (C=O) groups excluding carboxylic acids is 1. The number of carbonyl (C=O) groups is 1. The maximum absolute atomic E-state index is 12.3. The maximum atomic E-state index is 12.3. The molecule has 5 nitrogen and oxygen atoms in total. The molecule has 1 N–H and O–H groups in total. The van der Waals surface area contributed by atoms with Gasteiger partial charge in [-0.15, -0.1) is 10.0 Å². The van der Waals surface area contributed by atoms with Crippen LogP contribution in [0.25, 0.3) is 10.9 Å². The number of hydrogen-bond donors (Lipinski definition) is 1. The SMILES string of the molecule is CCOC(=O)c1cnc2ccc(C(C)O)cc2c1S(C)(C)C#N. The summed E-state index contributed by atoms with van der Waals surface area (Å²) in [6, 6.07) is 5.39. The number of nitrogens with zero attached hydrogens (tertiary/aromatic N) is 2. The molecular formula is C17H20N2O3S. The Balaban J connectivity index is 2.84. The number of hydrogen-bond acceptors (Lipinski definition) is 5. The Kier molecular flexibility index (Phi) is 4.93. The minimum atomic E-state index is -1.88. The van der Waals surface area contributed by atoms with Crippen LogP contribution in [0, 0.1) is 10.7 Å². The predicted molar refractivity (Wildman–Crippen MR) is 91.7 cm³/mol. The minimum absolute atomic E-state index is 0.256. The van der Waals surface area contributed by atoms with E-state index in [-0.39, 0.29) is 6.61 Å². The number of thiocyanates is 1. The Morgan fingerprint density at radius 1 is 1.48 bits per heavy atom. The number of aliphatic hydroxyl groups is 1. The number of aromatic nitrogens is 1. The van der Waals surface area contributed by atoms with Crippen molar-refractivity contribution in [2.75, 3.05) is 19.1 Å². The summed E-state index contributed by atoms with van der Waals surface area (Å²) in [6.45, 7) is 3.66. The fourth-order valence-electron chi connectivity index (χ4n) is 2.40. The molecule has 0 bridgehead atoms. The van der Waals surface area contributed by atoms with E-state index in [1.807, 2.05) is 12.5 Å². The molecule has 1 heterocycles. The molecule has 0 aliphatic carbocycles. The molecule has 0 saturated heterocycles. The molecule has 0 aliphatic heterocycles. The second kappa shape index (κ2) is 6.57. The molecule has 23 heavy (non-hydrogen) atoms. The number of benzene rings is 1. The lowest BCUT2D eigenvalue weighted by atomic mass is 10.1. The fraction of sp³-hybridized carbons (Fsp3) is 0.353. The molecule has 0 amide bonds. The lowest BCUT2D eigenvalue weighted by molar-refractivity contribution is 0.0522. The highest BCUT2D eigenvalue weighted by atomic mass is 32.3. The van der Waals surface area contributed by atoms with Crippen molar-refractivity contribution in [1.29, 1.82) is 5.26 Å². The van der Waals surface area contributed by atoms with Gasteiger partial charge in [0.1, 0.15) is 5.40 Å². The molecule has 0 fully saturated rings. The van der Waals surface area contributed by atoms with E-state index in [0.29, 0.717) is 16.0 Å². The Bertz CT molecular complexity index is 794. The monoisotopic (exact) mass is 332 g/mol. The molecule has 1 unspecified atom stereocenters. The number of nitriles is 1. The van der Waals surface area contributed by atoms with Crippen LogP contribution in [0.2, 0.25) is 0 Å². The summed E-state index contributed by atoms with van der Waals surface area (Å²) in [5, 5.41) is 22.5. The lowest BCUT2D eigenvalue weighted by Gasteiger charge is -2.26. The van der Waals surface area contributed by atoms with Crippen molar-refractivity contribution >= 4 is 26.9 Å². The van der Waals surface area contributed by atoms with Crippen LogP contribution in [-0.2, 0) is 4.74 Å². The van der Waals surface area contributed by atoms with E-state index >= 15 is 0 Å². The summed E-state index contributed by atoms with van der Waals surface area (Å²) in [7, 11) is -1.88. The third kappa shape index (κ3) is 3.31. The second-order valence-corrected chi connectivity index (χ2v) is 8.84. The quantitative estimate of drug-likeness (QED) is 0.685. The Morgan fingerprint density at radius 2 is 2.17 bits per heavy atom. The average Bonchev–Trinajstić information content (AvgIpc) is 2.53. The van der Waals surface area contributed by atoms with Gasteiger partial charge in [-0.2, -0.15) is 5.26 Å². The van der Waals surface area contributed by atoms with Crippen molar-refractivity contribution in [3.05, 3.63) is 35.5 Å². The van der Waals surface area contributed by atoms with Crippen LogP contribution in [0.1, 0.15) is 35.9 Å². The van der Waals surface area contributed by atoms with Crippen LogP contribution < -0.4 is 0 Å². The van der Waals surface area contributed by atoms with Crippen LogP contribution >= 0.6 is 10.0 Å². The summed E-state index contributed by atoms with van der Waals surface area (Å²) in [5.41, 5.74) is 1.73. The summed E-state index contributed by atoms with van der Waals surface area (Å²) < 4.78 is 5.11. The van der Waals surface area contributed by atoms with E-state index in [4.69, 9.17) is 4.74 Å². The highest BCUT2D eigenvalue weighted by Crippen LogP contribution is 2.52. The summed E-state index contributed by atoms with van der Waals surface area (Å²) in [4.78, 5) is 17.3. The first kappa shape index (κ1) is 17.3. The van der Waals surface area contributed by atoms with Crippen LogP contribution in [0.15, 0.2) is 29.3 Å². The van der Waals surface area contributed by atoms with Crippen molar-refractivity contribution in [2.45, 2.75) is 24.8 Å². The second-order valence-electron chi connectivity index (χ2n) is 5.59. The number of ether oxygens (including phenoxy) is 1. The zero-order chi connectivity index (χ0) is 17.2. The third-order valence-corrected chi connectivity index (χ3v) is 5.48. The summed E-state index contributed by atoms with van der Waals surface area (Å²) in [5.74, 6) is -0.477. The van der Waals surface area contributed by atoms with E-state index in [9.17, 15) is 15.2 Å². The van der Waals surface area contributed by atoms with E-state index in [1.165, 1.54) is 6.20 Å². The Morgan fingerprint density at radius 3 is 2.74 bits per heavy atom. The van der Waals surface area contributed by atoms with Crippen LogP contribution in [0.3, 0.4) is 0 Å². The zero-order valence-corrected chi connectivity index (χ0v) is 14.5. The van der Waals surface area contributed by atoms with E-state index in [1.54, 1.807) is 32.0 Å². The van der Waals surface area contributed by atoms with Gasteiger partial charge in [0.15, 0.2) is 0 Å². The number of aliphatic hydroxyl groups excluding tert-OH is 1. The molecule has 2 rings (SSSR count). The number of rotatable bonds is 4. The first-order chi connectivity index (χ1) is 10.8. The summed E-state index contributed by atoms with van der Waals surface area (Å²) >= 11 is 0. The van der Waals surface area contributed by atoms with Gasteiger partial charge in [-0.1, -0.05) is 6.07 Å². The zero-order valence-electron chi connectivity index (χ0n) is 13.7. The van der Waals surface area contributed by atoms with Gasteiger partial charge in [-0.05, 0) is 44.1 Å². The topological polar surface area (TPSA) is 83.2 Å². The van der Waals surface area contributed by atoms with Crippen LogP contribution in [0.5, 0.6) is 0 Å². The first-order valence-electron chi connectivity index (χ1n) is 7.24. The smallest absolute Gasteiger partial charge is 0.340 e. The van der Waals surface area contributed by atoms with Gasteiger partial charge in [-0.25, -0.2) is 4.79 Å². The Labute approximate surface area is 137 Å². The van der Waals surface area contributed by atoms with Crippen molar-refractivity contribution in [1.82, 2.24) is 4.98 Å². The average molecular weight is 332 g/mol. The van der Waals surface area contributed by atoms with Crippen LogP contribution in [0.4, 0.5) is 0 Å². The van der Waals surface area contributed by atoms with Gasteiger partial charge in [0.2, 0.25) is 0 Å². The van der Waals surface area contributed by atoms with E-state index in [2.05, 4.69) is 10.4 Å².